The Hall–Kier alpha value is -1.60. The summed E-state index contributed by atoms with van der Waals surface area (Å²) in [4.78, 5) is 10.9. The topological polar surface area (TPSA) is 98.5 Å². The lowest BCUT2D eigenvalue weighted by atomic mass is 10.1. The van der Waals surface area contributed by atoms with Crippen LogP contribution in [0.15, 0.2) is 18.2 Å². The summed E-state index contributed by atoms with van der Waals surface area (Å²) < 4.78 is 30.5. The molecule has 0 fully saturated rings. The van der Waals surface area contributed by atoms with Gasteiger partial charge in [0.15, 0.2) is 0 Å². The van der Waals surface area contributed by atoms with Crippen molar-refractivity contribution in [2.45, 2.75) is 26.3 Å². The predicted molar refractivity (Wildman–Crippen MR) is 77.5 cm³/mol. The Bertz CT molecular complexity index is 570. The van der Waals surface area contributed by atoms with E-state index >= 15 is 0 Å². The van der Waals surface area contributed by atoms with Crippen molar-refractivity contribution in [3.05, 3.63) is 29.3 Å². The van der Waals surface area contributed by atoms with Gasteiger partial charge in [0.2, 0.25) is 10.0 Å². The van der Waals surface area contributed by atoms with Crippen molar-refractivity contribution in [1.29, 1.82) is 0 Å². The molecule has 1 aromatic rings. The van der Waals surface area contributed by atoms with Gasteiger partial charge in [-0.3, -0.25) is 4.79 Å². The Labute approximate surface area is 119 Å². The molecule has 20 heavy (non-hydrogen) atoms. The van der Waals surface area contributed by atoms with Gasteiger partial charge in [0.1, 0.15) is 0 Å². The summed E-state index contributed by atoms with van der Waals surface area (Å²) in [5.74, 6) is -0.518. The summed E-state index contributed by atoms with van der Waals surface area (Å²) in [7, 11) is -2.14. The second-order valence-electron chi connectivity index (χ2n) is 4.45. The van der Waals surface area contributed by atoms with Crippen LogP contribution in [0, 0.1) is 6.92 Å². The average molecular weight is 300 g/mol. The minimum absolute atomic E-state index is 0.0920. The van der Waals surface area contributed by atoms with Crippen LogP contribution in [0.4, 0.5) is 5.69 Å². The van der Waals surface area contributed by atoms with Gasteiger partial charge in [-0.25, -0.2) is 13.1 Å². The zero-order valence-corrected chi connectivity index (χ0v) is 12.5. The molecule has 0 aliphatic heterocycles. The van der Waals surface area contributed by atoms with Gasteiger partial charge in [-0.05, 0) is 30.5 Å². The van der Waals surface area contributed by atoms with Gasteiger partial charge < -0.3 is 10.5 Å². The van der Waals surface area contributed by atoms with E-state index in [1.807, 2.05) is 13.0 Å². The molecule has 1 rings (SSSR count). The molecule has 0 atom stereocenters. The molecule has 0 saturated heterocycles. The van der Waals surface area contributed by atoms with Crippen LogP contribution in [0.3, 0.4) is 0 Å². The number of nitrogen functional groups attached to an aromatic ring is 1. The van der Waals surface area contributed by atoms with Crippen molar-refractivity contribution in [1.82, 2.24) is 4.72 Å². The van der Waals surface area contributed by atoms with Gasteiger partial charge in [-0.1, -0.05) is 12.1 Å². The van der Waals surface area contributed by atoms with Crippen molar-refractivity contribution >= 4 is 21.7 Å². The molecule has 112 valence electrons. The Kier molecular flexibility index (Phi) is 5.97. The van der Waals surface area contributed by atoms with Crippen LogP contribution < -0.4 is 10.5 Å². The molecule has 3 N–H and O–H groups in total. The van der Waals surface area contributed by atoms with Gasteiger partial charge in [0, 0.05) is 18.7 Å². The molecule has 1 aromatic carbocycles. The van der Waals surface area contributed by atoms with Crippen LogP contribution in [0.2, 0.25) is 0 Å². The molecule has 0 bridgehead atoms. The van der Waals surface area contributed by atoms with E-state index in [0.29, 0.717) is 5.69 Å². The van der Waals surface area contributed by atoms with E-state index in [9.17, 15) is 13.2 Å². The maximum atomic E-state index is 11.8. The zero-order chi connectivity index (χ0) is 15.2. The number of anilines is 1. The Morgan fingerprint density at radius 1 is 1.40 bits per heavy atom. The van der Waals surface area contributed by atoms with Crippen molar-refractivity contribution in [3.8, 4) is 0 Å². The van der Waals surface area contributed by atoms with Gasteiger partial charge in [0.05, 0.1) is 12.9 Å². The normalized spacial score (nSPS) is 11.3. The summed E-state index contributed by atoms with van der Waals surface area (Å²) in [6.07, 6.45) is 0.326. The standard InChI is InChI=1S/C13H20N2O4S/c1-10-11(5-3-6-12(10)14)9-15-20(17,18)8-4-7-13(16)19-2/h3,5-6,15H,4,7-9,14H2,1-2H3. The molecular formula is C13H20N2O4S. The molecule has 0 aromatic heterocycles. The molecule has 0 aliphatic rings. The fraction of sp³-hybridized carbons (Fsp3) is 0.462. The number of esters is 1. The molecule has 0 spiro atoms. The van der Waals surface area contributed by atoms with E-state index in [2.05, 4.69) is 9.46 Å². The maximum Gasteiger partial charge on any atom is 0.305 e. The number of rotatable bonds is 7. The number of carbonyl (C=O) groups is 1. The van der Waals surface area contributed by atoms with Gasteiger partial charge in [-0.15, -0.1) is 0 Å². The Morgan fingerprint density at radius 3 is 2.75 bits per heavy atom. The van der Waals surface area contributed by atoms with Gasteiger partial charge in [-0.2, -0.15) is 0 Å². The Balaban J connectivity index is 2.51. The number of carbonyl (C=O) groups excluding carboxylic acids is 1. The SMILES string of the molecule is COC(=O)CCCS(=O)(=O)NCc1cccc(N)c1C. The molecule has 0 aliphatic carbocycles. The number of hydrogen-bond acceptors (Lipinski definition) is 5. The molecule has 0 saturated carbocycles. The van der Waals surface area contributed by atoms with E-state index in [1.165, 1.54) is 7.11 Å². The van der Waals surface area contributed by atoms with Crippen LogP contribution in [-0.4, -0.2) is 27.2 Å². The van der Waals surface area contributed by atoms with E-state index in [0.717, 1.165) is 11.1 Å². The summed E-state index contributed by atoms with van der Waals surface area (Å²) in [5.41, 5.74) is 8.09. The highest BCUT2D eigenvalue weighted by atomic mass is 32.2. The van der Waals surface area contributed by atoms with Crippen molar-refractivity contribution in [2.75, 3.05) is 18.6 Å². The smallest absolute Gasteiger partial charge is 0.305 e. The van der Waals surface area contributed by atoms with Crippen LogP contribution in [0.25, 0.3) is 0 Å². The first-order valence-electron chi connectivity index (χ1n) is 6.24. The lowest BCUT2D eigenvalue weighted by Crippen LogP contribution is -2.26. The third-order valence-corrected chi connectivity index (χ3v) is 4.40. The molecule has 0 radical (unpaired) electrons. The van der Waals surface area contributed by atoms with Crippen molar-refractivity contribution in [2.24, 2.45) is 0 Å². The summed E-state index contributed by atoms with van der Waals surface area (Å²) in [5, 5.41) is 0. The highest BCUT2D eigenvalue weighted by molar-refractivity contribution is 7.89. The summed E-state index contributed by atoms with van der Waals surface area (Å²) >= 11 is 0. The zero-order valence-electron chi connectivity index (χ0n) is 11.7. The monoisotopic (exact) mass is 300 g/mol. The molecule has 7 heteroatoms. The van der Waals surface area contributed by atoms with E-state index in [1.54, 1.807) is 12.1 Å². The molecule has 6 nitrogen and oxygen atoms in total. The van der Waals surface area contributed by atoms with Gasteiger partial charge in [0.25, 0.3) is 0 Å². The van der Waals surface area contributed by atoms with E-state index in [-0.39, 0.29) is 25.1 Å². The first-order valence-corrected chi connectivity index (χ1v) is 7.89. The number of ether oxygens (including phenoxy) is 1. The minimum Gasteiger partial charge on any atom is -0.469 e. The third-order valence-electron chi connectivity index (χ3n) is 2.99. The lowest BCUT2D eigenvalue weighted by molar-refractivity contribution is -0.140. The van der Waals surface area contributed by atoms with Crippen LogP contribution in [0.1, 0.15) is 24.0 Å². The highest BCUT2D eigenvalue weighted by Gasteiger charge is 2.12. The van der Waals surface area contributed by atoms with Crippen LogP contribution in [-0.2, 0) is 26.1 Å². The number of nitrogens with one attached hydrogen (secondary N) is 1. The minimum atomic E-state index is -3.41. The maximum absolute atomic E-state index is 11.8. The number of nitrogens with two attached hydrogens (primary N) is 1. The fourth-order valence-corrected chi connectivity index (χ4v) is 2.71. The largest absolute Gasteiger partial charge is 0.469 e. The van der Waals surface area contributed by atoms with Crippen molar-refractivity contribution < 1.29 is 17.9 Å². The molecular weight excluding hydrogens is 280 g/mol. The van der Waals surface area contributed by atoms with E-state index in [4.69, 9.17) is 5.73 Å². The predicted octanol–water partition coefficient (Wildman–Crippen LogP) is 0.950. The fourth-order valence-electron chi connectivity index (χ4n) is 1.66. The first kappa shape index (κ1) is 16.5. The van der Waals surface area contributed by atoms with E-state index < -0.39 is 16.0 Å². The second-order valence-corrected chi connectivity index (χ2v) is 6.38. The van der Waals surface area contributed by atoms with Crippen LogP contribution in [0.5, 0.6) is 0 Å². The number of hydrogen-bond donors (Lipinski definition) is 2. The van der Waals surface area contributed by atoms with Crippen LogP contribution >= 0.6 is 0 Å². The number of sulfonamides is 1. The first-order chi connectivity index (χ1) is 9.35. The molecule has 0 unspecified atom stereocenters. The summed E-state index contributed by atoms with van der Waals surface area (Å²) in [6, 6.07) is 5.37. The molecule has 0 amide bonds. The van der Waals surface area contributed by atoms with Gasteiger partial charge >= 0.3 is 5.97 Å². The summed E-state index contributed by atoms with van der Waals surface area (Å²) in [6.45, 7) is 2.04. The second kappa shape index (κ2) is 7.25. The number of methoxy groups -OCH3 is 1. The Morgan fingerprint density at radius 2 is 2.10 bits per heavy atom. The average Bonchev–Trinajstić information content (AvgIpc) is 2.40. The van der Waals surface area contributed by atoms with Crippen molar-refractivity contribution in [3.63, 3.8) is 0 Å². The lowest BCUT2D eigenvalue weighted by Gasteiger charge is -2.10. The third kappa shape index (κ3) is 5.18. The quantitative estimate of drug-likeness (QED) is 0.577. The molecule has 0 heterocycles. The number of benzene rings is 1. The highest BCUT2D eigenvalue weighted by Crippen LogP contribution is 2.15.